The van der Waals surface area contributed by atoms with E-state index in [9.17, 15) is 19.2 Å². The molecule has 2 unspecified atom stereocenters. The number of rotatable bonds is 6. The van der Waals surface area contributed by atoms with Crippen LogP contribution >= 0.6 is 0 Å². The number of carbonyl (C=O) groups is 4. The van der Waals surface area contributed by atoms with Crippen LogP contribution < -0.4 is 10.2 Å². The fourth-order valence-electron chi connectivity index (χ4n) is 4.10. The second kappa shape index (κ2) is 9.57. The molecule has 174 valence electrons. The zero-order valence-electron chi connectivity index (χ0n) is 19.8. The van der Waals surface area contributed by atoms with E-state index in [2.05, 4.69) is 5.32 Å². The summed E-state index contributed by atoms with van der Waals surface area (Å²) in [7, 11) is 0. The highest BCUT2D eigenvalue weighted by Gasteiger charge is 2.46. The molecular weight excluding hydrogens is 418 g/mol. The highest BCUT2D eigenvalue weighted by Crippen LogP contribution is 2.33. The molecule has 7 nitrogen and oxygen atoms in total. The lowest BCUT2D eigenvalue weighted by Crippen LogP contribution is -2.47. The summed E-state index contributed by atoms with van der Waals surface area (Å²) in [4.78, 5) is 53.8. The van der Waals surface area contributed by atoms with E-state index in [1.807, 2.05) is 58.0 Å². The molecule has 1 N–H and O–H groups in total. The molecule has 1 heterocycles. The van der Waals surface area contributed by atoms with Gasteiger partial charge in [-0.25, -0.2) is 4.90 Å². The minimum atomic E-state index is -0.877. The second-order valence-corrected chi connectivity index (χ2v) is 9.64. The predicted octanol–water partition coefficient (Wildman–Crippen LogP) is 4.30. The molecular formula is C26H31N3O4. The quantitative estimate of drug-likeness (QED) is 0.666. The van der Waals surface area contributed by atoms with Gasteiger partial charge in [0.25, 0.3) is 5.91 Å². The summed E-state index contributed by atoms with van der Waals surface area (Å²) < 4.78 is 0. The van der Waals surface area contributed by atoms with Crippen molar-refractivity contribution in [1.82, 2.24) is 4.90 Å². The van der Waals surface area contributed by atoms with Gasteiger partial charge in [0.1, 0.15) is 6.04 Å². The van der Waals surface area contributed by atoms with E-state index in [1.165, 1.54) is 6.92 Å². The first kappa shape index (κ1) is 24.2. The Balaban J connectivity index is 1.92. The number of nitrogens with zero attached hydrogens (tertiary/aromatic N) is 2. The summed E-state index contributed by atoms with van der Waals surface area (Å²) in [5, 5.41) is 2.66. The largest absolute Gasteiger partial charge is 0.326 e. The third-order valence-electron chi connectivity index (χ3n) is 5.57. The SMILES string of the molecule is CC(=O)Nc1ccc(N2C(=O)CC(N(C(=O)CC(C)(C)C)C(C)c3ccccc3)C2=O)cc1. The highest BCUT2D eigenvalue weighted by atomic mass is 16.2. The van der Waals surface area contributed by atoms with Crippen LogP contribution in [0.5, 0.6) is 0 Å². The van der Waals surface area contributed by atoms with Gasteiger partial charge >= 0.3 is 0 Å². The summed E-state index contributed by atoms with van der Waals surface area (Å²) >= 11 is 0. The van der Waals surface area contributed by atoms with E-state index in [1.54, 1.807) is 29.2 Å². The third-order valence-corrected chi connectivity index (χ3v) is 5.57. The lowest BCUT2D eigenvalue weighted by molar-refractivity contribution is -0.142. The van der Waals surface area contributed by atoms with Crippen molar-refractivity contribution in [2.45, 2.75) is 59.5 Å². The molecule has 33 heavy (non-hydrogen) atoms. The van der Waals surface area contributed by atoms with Gasteiger partial charge in [-0.2, -0.15) is 0 Å². The maximum Gasteiger partial charge on any atom is 0.257 e. The van der Waals surface area contributed by atoms with Gasteiger partial charge in [-0.3, -0.25) is 19.2 Å². The van der Waals surface area contributed by atoms with E-state index in [-0.39, 0.29) is 42.0 Å². The summed E-state index contributed by atoms with van der Waals surface area (Å²) in [6, 6.07) is 14.8. The van der Waals surface area contributed by atoms with Gasteiger partial charge in [0.15, 0.2) is 0 Å². The molecule has 0 aliphatic carbocycles. The molecule has 2 atom stereocenters. The van der Waals surface area contributed by atoms with Crippen molar-refractivity contribution >= 4 is 35.0 Å². The number of hydrogen-bond acceptors (Lipinski definition) is 4. The smallest absolute Gasteiger partial charge is 0.257 e. The van der Waals surface area contributed by atoms with Crippen LogP contribution in [-0.2, 0) is 19.2 Å². The minimum Gasteiger partial charge on any atom is -0.326 e. The Kier molecular flexibility index (Phi) is 7.01. The van der Waals surface area contributed by atoms with Crippen LogP contribution in [0.3, 0.4) is 0 Å². The second-order valence-electron chi connectivity index (χ2n) is 9.64. The molecule has 2 aromatic carbocycles. The number of hydrogen-bond donors (Lipinski definition) is 1. The van der Waals surface area contributed by atoms with E-state index >= 15 is 0 Å². The van der Waals surface area contributed by atoms with E-state index in [0.717, 1.165) is 10.5 Å². The fourth-order valence-corrected chi connectivity index (χ4v) is 4.10. The number of carbonyl (C=O) groups excluding carboxylic acids is 4. The number of benzene rings is 2. The summed E-state index contributed by atoms with van der Waals surface area (Å²) in [5.74, 6) is -1.14. The number of nitrogens with one attached hydrogen (secondary N) is 1. The average molecular weight is 450 g/mol. The third kappa shape index (κ3) is 5.66. The molecule has 4 amide bonds. The van der Waals surface area contributed by atoms with Gasteiger partial charge in [-0.1, -0.05) is 51.1 Å². The molecule has 0 spiro atoms. The Morgan fingerprint density at radius 2 is 1.67 bits per heavy atom. The Morgan fingerprint density at radius 1 is 1.06 bits per heavy atom. The lowest BCUT2D eigenvalue weighted by Gasteiger charge is -2.35. The van der Waals surface area contributed by atoms with Gasteiger partial charge in [0.05, 0.1) is 18.2 Å². The van der Waals surface area contributed by atoms with Crippen molar-refractivity contribution in [3.8, 4) is 0 Å². The first-order chi connectivity index (χ1) is 15.5. The Labute approximate surface area is 194 Å². The normalized spacial score (nSPS) is 17.1. The molecule has 0 aromatic heterocycles. The van der Waals surface area contributed by atoms with Gasteiger partial charge in [-0.05, 0) is 42.2 Å². The van der Waals surface area contributed by atoms with Gasteiger partial charge in [0.2, 0.25) is 17.7 Å². The van der Waals surface area contributed by atoms with Crippen molar-refractivity contribution in [1.29, 1.82) is 0 Å². The Hall–Kier alpha value is -3.48. The van der Waals surface area contributed by atoms with Crippen LogP contribution in [0, 0.1) is 5.41 Å². The predicted molar refractivity (Wildman–Crippen MR) is 127 cm³/mol. The first-order valence-electron chi connectivity index (χ1n) is 11.1. The molecule has 1 saturated heterocycles. The van der Waals surface area contributed by atoms with Crippen LogP contribution in [0.2, 0.25) is 0 Å². The zero-order chi connectivity index (χ0) is 24.3. The molecule has 7 heteroatoms. The molecule has 1 aliphatic rings. The van der Waals surface area contributed by atoms with Crippen molar-refractivity contribution in [3.63, 3.8) is 0 Å². The molecule has 0 radical (unpaired) electrons. The number of imide groups is 1. The number of anilines is 2. The molecule has 0 bridgehead atoms. The maximum atomic E-state index is 13.5. The van der Waals surface area contributed by atoms with Crippen molar-refractivity contribution in [2.75, 3.05) is 10.2 Å². The van der Waals surface area contributed by atoms with Gasteiger partial charge in [-0.15, -0.1) is 0 Å². The zero-order valence-corrected chi connectivity index (χ0v) is 19.8. The van der Waals surface area contributed by atoms with Crippen LogP contribution in [0.1, 0.15) is 59.1 Å². The molecule has 3 rings (SSSR count). The molecule has 1 fully saturated rings. The number of amides is 4. The Bertz CT molecular complexity index is 1040. The van der Waals surface area contributed by atoms with Gasteiger partial charge in [0, 0.05) is 19.0 Å². The van der Waals surface area contributed by atoms with Crippen molar-refractivity contribution < 1.29 is 19.2 Å². The summed E-state index contributed by atoms with van der Waals surface area (Å²) in [6.07, 6.45) is 0.187. The summed E-state index contributed by atoms with van der Waals surface area (Å²) in [6.45, 7) is 9.21. The monoisotopic (exact) mass is 449 g/mol. The van der Waals surface area contributed by atoms with E-state index < -0.39 is 11.9 Å². The van der Waals surface area contributed by atoms with Crippen molar-refractivity contribution in [3.05, 3.63) is 60.2 Å². The average Bonchev–Trinajstić information content (AvgIpc) is 3.01. The van der Waals surface area contributed by atoms with Crippen LogP contribution in [0.15, 0.2) is 54.6 Å². The van der Waals surface area contributed by atoms with Crippen LogP contribution in [-0.4, -0.2) is 34.6 Å². The lowest BCUT2D eigenvalue weighted by atomic mass is 9.90. The Morgan fingerprint density at radius 3 is 2.21 bits per heavy atom. The topological polar surface area (TPSA) is 86.8 Å². The standard InChI is InChI=1S/C26H31N3O4/c1-17(19-9-7-6-8-10-19)28(24(32)16-26(3,4)5)22-15-23(31)29(25(22)33)21-13-11-20(12-14-21)27-18(2)30/h6-14,17,22H,15-16H2,1-5H3,(H,27,30). The van der Waals surface area contributed by atoms with E-state index in [0.29, 0.717) is 11.4 Å². The fraction of sp³-hybridized carbons (Fsp3) is 0.385. The first-order valence-corrected chi connectivity index (χ1v) is 11.1. The van der Waals surface area contributed by atoms with E-state index in [4.69, 9.17) is 0 Å². The minimum absolute atomic E-state index is 0.0701. The maximum absolute atomic E-state index is 13.5. The molecule has 0 saturated carbocycles. The van der Waals surface area contributed by atoms with Gasteiger partial charge < -0.3 is 10.2 Å². The van der Waals surface area contributed by atoms with Crippen molar-refractivity contribution in [2.24, 2.45) is 5.41 Å². The molecule has 2 aromatic rings. The summed E-state index contributed by atoms with van der Waals surface area (Å²) in [5.41, 5.74) is 1.62. The highest BCUT2D eigenvalue weighted by molar-refractivity contribution is 6.23. The van der Waals surface area contributed by atoms with Crippen LogP contribution in [0.25, 0.3) is 0 Å². The van der Waals surface area contributed by atoms with Crippen LogP contribution in [0.4, 0.5) is 11.4 Å². The molecule has 1 aliphatic heterocycles.